The van der Waals surface area contributed by atoms with Crippen LogP contribution in [0.5, 0.6) is 5.75 Å². The van der Waals surface area contributed by atoms with Gasteiger partial charge in [0, 0.05) is 11.7 Å². The quantitative estimate of drug-likeness (QED) is 0.563. The van der Waals surface area contributed by atoms with Crippen molar-refractivity contribution in [2.24, 2.45) is 0 Å². The maximum absolute atomic E-state index is 12.4. The van der Waals surface area contributed by atoms with Gasteiger partial charge in [-0.05, 0) is 49.7 Å². The molecule has 0 spiro atoms. The maximum Gasteiger partial charge on any atom is 0.230 e. The van der Waals surface area contributed by atoms with E-state index in [-0.39, 0.29) is 29.2 Å². The first-order chi connectivity index (χ1) is 14.4. The van der Waals surface area contributed by atoms with Gasteiger partial charge in [0.25, 0.3) is 0 Å². The van der Waals surface area contributed by atoms with Gasteiger partial charge >= 0.3 is 0 Å². The smallest absolute Gasteiger partial charge is 0.230 e. The van der Waals surface area contributed by atoms with E-state index in [4.69, 9.17) is 9.72 Å². The highest BCUT2D eigenvalue weighted by atomic mass is 32.2. The SMILES string of the molecule is CCOc1ccc(-n2c(SCC(=O)NC3CCS(=O)(=O)C3)nc3ccccc32)cc1. The van der Waals surface area contributed by atoms with Gasteiger partial charge in [-0.25, -0.2) is 13.4 Å². The molecule has 4 rings (SSSR count). The van der Waals surface area contributed by atoms with E-state index in [2.05, 4.69) is 5.32 Å². The van der Waals surface area contributed by atoms with Gasteiger partial charge in [0.15, 0.2) is 15.0 Å². The molecule has 0 aliphatic carbocycles. The average molecular weight is 446 g/mol. The average Bonchev–Trinajstić information content (AvgIpc) is 3.26. The van der Waals surface area contributed by atoms with Crippen LogP contribution in [-0.4, -0.2) is 53.8 Å². The molecule has 0 saturated carbocycles. The minimum absolute atomic E-state index is 0.0219. The number of carbonyl (C=O) groups excluding carboxylic acids is 1. The Morgan fingerprint density at radius 2 is 2.00 bits per heavy atom. The highest BCUT2D eigenvalue weighted by Gasteiger charge is 2.29. The number of imidazole rings is 1. The molecule has 1 aliphatic heterocycles. The molecule has 0 bridgehead atoms. The minimum Gasteiger partial charge on any atom is -0.494 e. The summed E-state index contributed by atoms with van der Waals surface area (Å²) in [6, 6.07) is 15.3. The summed E-state index contributed by atoms with van der Waals surface area (Å²) in [7, 11) is -3.02. The zero-order valence-corrected chi connectivity index (χ0v) is 18.2. The molecule has 1 atom stereocenters. The molecule has 2 heterocycles. The number of aromatic nitrogens is 2. The van der Waals surface area contributed by atoms with Crippen LogP contribution >= 0.6 is 11.8 Å². The molecule has 158 valence electrons. The van der Waals surface area contributed by atoms with E-state index < -0.39 is 9.84 Å². The standard InChI is InChI=1S/C21H23N3O4S2/c1-2-28-17-9-7-16(8-10-17)24-19-6-4-3-5-18(19)23-21(24)29-13-20(25)22-15-11-12-30(26,27)14-15/h3-10,15H,2,11-14H2,1H3,(H,22,25). The van der Waals surface area contributed by atoms with E-state index in [1.807, 2.05) is 60.0 Å². The van der Waals surface area contributed by atoms with E-state index in [1.165, 1.54) is 11.8 Å². The first kappa shape index (κ1) is 20.7. The number of amides is 1. The van der Waals surface area contributed by atoms with Crippen LogP contribution in [0.2, 0.25) is 0 Å². The Bertz CT molecular complexity index is 1160. The fraction of sp³-hybridized carbons (Fsp3) is 0.333. The zero-order valence-electron chi connectivity index (χ0n) is 16.6. The summed E-state index contributed by atoms with van der Waals surface area (Å²) in [5, 5.41) is 3.53. The predicted octanol–water partition coefficient (Wildman–Crippen LogP) is 2.82. The number of thioether (sulfide) groups is 1. The fourth-order valence-electron chi connectivity index (χ4n) is 3.52. The number of benzene rings is 2. The van der Waals surface area contributed by atoms with Gasteiger partial charge in [0.05, 0.1) is 34.9 Å². The van der Waals surface area contributed by atoms with E-state index in [0.717, 1.165) is 22.5 Å². The number of hydrogen-bond donors (Lipinski definition) is 1. The number of para-hydroxylation sites is 2. The number of sulfone groups is 1. The van der Waals surface area contributed by atoms with Crippen LogP contribution in [0.15, 0.2) is 53.7 Å². The van der Waals surface area contributed by atoms with Crippen molar-refractivity contribution in [2.75, 3.05) is 23.9 Å². The molecule has 0 radical (unpaired) electrons. The number of nitrogens with zero attached hydrogens (tertiary/aromatic N) is 2. The Labute approximate surface area is 179 Å². The van der Waals surface area contributed by atoms with Crippen LogP contribution in [0, 0.1) is 0 Å². The highest BCUT2D eigenvalue weighted by molar-refractivity contribution is 7.99. The molecule has 1 aromatic heterocycles. The third-order valence-electron chi connectivity index (χ3n) is 4.87. The topological polar surface area (TPSA) is 90.3 Å². The second kappa shape index (κ2) is 8.69. The lowest BCUT2D eigenvalue weighted by molar-refractivity contribution is -0.119. The van der Waals surface area contributed by atoms with Crippen LogP contribution in [0.25, 0.3) is 16.7 Å². The minimum atomic E-state index is -3.02. The number of hydrogen-bond acceptors (Lipinski definition) is 6. The van der Waals surface area contributed by atoms with Crippen LogP contribution in [0.3, 0.4) is 0 Å². The fourth-order valence-corrected chi connectivity index (χ4v) is 6.03. The normalized spacial score (nSPS) is 17.8. The van der Waals surface area contributed by atoms with Crippen LogP contribution in [0.1, 0.15) is 13.3 Å². The lowest BCUT2D eigenvalue weighted by Gasteiger charge is -2.12. The first-order valence-corrected chi connectivity index (χ1v) is 12.6. The van der Waals surface area contributed by atoms with Gasteiger partial charge in [0.1, 0.15) is 5.75 Å². The molecular weight excluding hydrogens is 422 g/mol. The lowest BCUT2D eigenvalue weighted by atomic mass is 10.2. The lowest BCUT2D eigenvalue weighted by Crippen LogP contribution is -2.36. The van der Waals surface area contributed by atoms with Gasteiger partial charge in [-0.3, -0.25) is 9.36 Å². The Balaban J connectivity index is 1.53. The van der Waals surface area contributed by atoms with Gasteiger partial charge in [0.2, 0.25) is 5.91 Å². The summed E-state index contributed by atoms with van der Waals surface area (Å²) < 4.78 is 30.7. The van der Waals surface area contributed by atoms with Crippen LogP contribution in [0.4, 0.5) is 0 Å². The van der Waals surface area contributed by atoms with Crippen molar-refractivity contribution in [3.63, 3.8) is 0 Å². The predicted molar refractivity (Wildman–Crippen MR) is 118 cm³/mol. The Morgan fingerprint density at radius 3 is 2.70 bits per heavy atom. The molecular formula is C21H23N3O4S2. The summed E-state index contributed by atoms with van der Waals surface area (Å²) >= 11 is 1.33. The second-order valence-electron chi connectivity index (χ2n) is 7.10. The number of rotatable bonds is 7. The van der Waals surface area contributed by atoms with Crippen molar-refractivity contribution < 1.29 is 17.9 Å². The van der Waals surface area contributed by atoms with Crippen molar-refractivity contribution in [1.29, 1.82) is 0 Å². The molecule has 1 unspecified atom stereocenters. The maximum atomic E-state index is 12.4. The van der Waals surface area contributed by atoms with Crippen molar-refractivity contribution in [2.45, 2.75) is 24.5 Å². The summed E-state index contributed by atoms with van der Waals surface area (Å²) in [5.74, 6) is 0.932. The van der Waals surface area contributed by atoms with Crippen LogP contribution in [-0.2, 0) is 14.6 Å². The van der Waals surface area contributed by atoms with Crippen molar-refractivity contribution >= 4 is 38.5 Å². The van der Waals surface area contributed by atoms with E-state index in [9.17, 15) is 13.2 Å². The van der Waals surface area contributed by atoms with Crippen LogP contribution < -0.4 is 10.1 Å². The number of fused-ring (bicyclic) bond motifs is 1. The van der Waals surface area contributed by atoms with Gasteiger partial charge in [-0.1, -0.05) is 23.9 Å². The largest absolute Gasteiger partial charge is 0.494 e. The van der Waals surface area contributed by atoms with Gasteiger partial charge in [-0.2, -0.15) is 0 Å². The summed E-state index contributed by atoms with van der Waals surface area (Å²) in [6.45, 7) is 2.55. The molecule has 7 nitrogen and oxygen atoms in total. The second-order valence-corrected chi connectivity index (χ2v) is 10.3. The summed E-state index contributed by atoms with van der Waals surface area (Å²) in [5.41, 5.74) is 2.72. The number of ether oxygens (including phenoxy) is 1. The Kier molecular flexibility index (Phi) is 6.01. The van der Waals surface area contributed by atoms with E-state index >= 15 is 0 Å². The van der Waals surface area contributed by atoms with E-state index in [1.54, 1.807) is 0 Å². The molecule has 1 amide bonds. The Morgan fingerprint density at radius 1 is 1.23 bits per heavy atom. The zero-order chi connectivity index (χ0) is 21.1. The van der Waals surface area contributed by atoms with E-state index in [0.29, 0.717) is 18.2 Å². The molecule has 2 aromatic carbocycles. The number of carbonyl (C=O) groups is 1. The summed E-state index contributed by atoms with van der Waals surface area (Å²) in [6.07, 6.45) is 0.476. The first-order valence-electron chi connectivity index (χ1n) is 9.78. The molecule has 1 fully saturated rings. The van der Waals surface area contributed by atoms with Gasteiger partial charge < -0.3 is 10.1 Å². The monoisotopic (exact) mass is 445 g/mol. The van der Waals surface area contributed by atoms with Gasteiger partial charge in [-0.15, -0.1) is 0 Å². The van der Waals surface area contributed by atoms with Crippen molar-refractivity contribution in [3.8, 4) is 11.4 Å². The molecule has 3 aromatic rings. The highest BCUT2D eigenvalue weighted by Crippen LogP contribution is 2.29. The molecule has 1 aliphatic rings. The Hall–Kier alpha value is -2.52. The third-order valence-corrected chi connectivity index (χ3v) is 7.57. The van der Waals surface area contributed by atoms with Crippen molar-refractivity contribution in [3.05, 3.63) is 48.5 Å². The molecule has 1 N–H and O–H groups in total. The van der Waals surface area contributed by atoms with Crippen molar-refractivity contribution in [1.82, 2.24) is 14.9 Å². The molecule has 1 saturated heterocycles. The third kappa shape index (κ3) is 4.62. The number of nitrogens with one attached hydrogen (secondary N) is 1. The molecule has 9 heteroatoms. The summed E-state index contributed by atoms with van der Waals surface area (Å²) in [4.78, 5) is 17.1. The molecule has 30 heavy (non-hydrogen) atoms.